The minimum absolute atomic E-state index is 0.220. The van der Waals surface area contributed by atoms with Crippen LogP contribution in [0.1, 0.15) is 0 Å². The van der Waals surface area contributed by atoms with E-state index in [1.165, 1.54) is 11.8 Å². The number of rotatable bonds is 3. The van der Waals surface area contributed by atoms with Gasteiger partial charge in [0.2, 0.25) is 5.24 Å². The number of carbonyl (C=O) groups excluding carboxylic acids is 1. The Bertz CT molecular complexity index is 307. The van der Waals surface area contributed by atoms with Crippen LogP contribution in [0.3, 0.4) is 0 Å². The molecule has 1 aromatic carbocycles. The third-order valence-corrected chi connectivity index (χ3v) is 2.89. The van der Waals surface area contributed by atoms with Crippen molar-refractivity contribution in [1.29, 1.82) is 0 Å². The van der Waals surface area contributed by atoms with Crippen LogP contribution in [-0.4, -0.2) is 11.0 Å². The molecule has 0 amide bonds. The largest absolute Gasteiger partial charge is 0.280 e. The van der Waals surface area contributed by atoms with Crippen LogP contribution in [0.5, 0.6) is 0 Å². The van der Waals surface area contributed by atoms with E-state index in [-0.39, 0.29) is 11.0 Å². The molecule has 0 aliphatic heterocycles. The molecule has 0 unspecified atom stereocenters. The number of hydrogen-bond donors (Lipinski definition) is 0. The van der Waals surface area contributed by atoms with Gasteiger partial charge in [-0.1, -0.05) is 23.2 Å². The molecule has 1 rings (SSSR count). The van der Waals surface area contributed by atoms with Gasteiger partial charge in [0.25, 0.3) is 0 Å². The monoisotopic (exact) mass is 254 g/mol. The van der Waals surface area contributed by atoms with Crippen LogP contribution < -0.4 is 0 Å². The quantitative estimate of drug-likeness (QED) is 0.603. The highest BCUT2D eigenvalue weighted by atomic mass is 35.5. The summed E-state index contributed by atoms with van der Waals surface area (Å²) >= 11 is 18.0. The standard InChI is InChI=1S/C8H5Cl3OS/c9-5-1-6(10)3-7(2-5)13-4-8(11)12/h1-3H,4H2. The normalized spacial score (nSPS) is 10.1. The van der Waals surface area contributed by atoms with Crippen LogP contribution in [0.4, 0.5) is 0 Å². The zero-order valence-electron chi connectivity index (χ0n) is 6.39. The third kappa shape index (κ3) is 4.23. The summed E-state index contributed by atoms with van der Waals surface area (Å²) in [5, 5.41) is 0.718. The Morgan fingerprint density at radius 2 is 1.77 bits per heavy atom. The Balaban J connectivity index is 2.71. The molecule has 1 nitrogen and oxygen atoms in total. The second-order valence-electron chi connectivity index (χ2n) is 2.25. The second-order valence-corrected chi connectivity index (χ2v) is 4.59. The molecule has 0 spiro atoms. The van der Waals surface area contributed by atoms with Crippen molar-refractivity contribution in [2.45, 2.75) is 4.90 Å². The Hall–Kier alpha value is 0.110. The summed E-state index contributed by atoms with van der Waals surface area (Å²) in [6.45, 7) is 0. The first-order valence-corrected chi connectivity index (χ1v) is 5.47. The van der Waals surface area contributed by atoms with Crippen molar-refractivity contribution in [3.05, 3.63) is 28.2 Å². The third-order valence-electron chi connectivity index (χ3n) is 1.19. The summed E-state index contributed by atoms with van der Waals surface area (Å²) in [6, 6.07) is 5.10. The Kier molecular flexibility index (Phi) is 4.39. The lowest BCUT2D eigenvalue weighted by Gasteiger charge is -2.00. The zero-order valence-corrected chi connectivity index (χ0v) is 9.47. The van der Waals surface area contributed by atoms with Crippen molar-refractivity contribution in [3.8, 4) is 0 Å². The van der Waals surface area contributed by atoms with E-state index in [9.17, 15) is 4.79 Å². The SMILES string of the molecule is O=C(Cl)CSc1cc(Cl)cc(Cl)c1. The average Bonchev–Trinajstić information content (AvgIpc) is 1.99. The van der Waals surface area contributed by atoms with Crippen LogP contribution in [0.2, 0.25) is 10.0 Å². The van der Waals surface area contributed by atoms with Crippen LogP contribution in [0.15, 0.2) is 23.1 Å². The van der Waals surface area contributed by atoms with Gasteiger partial charge in [-0.2, -0.15) is 0 Å². The molecule has 0 aromatic heterocycles. The molecule has 0 saturated carbocycles. The maximum absolute atomic E-state index is 10.5. The molecule has 1 aromatic rings. The first-order valence-electron chi connectivity index (χ1n) is 3.35. The summed E-state index contributed by atoms with van der Waals surface area (Å²) in [7, 11) is 0. The van der Waals surface area contributed by atoms with Crippen molar-refractivity contribution >= 4 is 51.8 Å². The highest BCUT2D eigenvalue weighted by Gasteiger charge is 2.01. The predicted molar refractivity (Wildman–Crippen MR) is 58.0 cm³/mol. The van der Waals surface area contributed by atoms with Gasteiger partial charge >= 0.3 is 0 Å². The van der Waals surface area contributed by atoms with Crippen molar-refractivity contribution in [2.75, 3.05) is 5.75 Å². The van der Waals surface area contributed by atoms with E-state index in [1.807, 2.05) is 0 Å². The van der Waals surface area contributed by atoms with Gasteiger partial charge < -0.3 is 0 Å². The fourth-order valence-electron chi connectivity index (χ4n) is 0.752. The molecule has 70 valence electrons. The summed E-state index contributed by atoms with van der Waals surface area (Å²) in [5.41, 5.74) is 0. The van der Waals surface area contributed by atoms with Gasteiger partial charge in [0.15, 0.2) is 0 Å². The van der Waals surface area contributed by atoms with Crippen molar-refractivity contribution in [1.82, 2.24) is 0 Å². The summed E-state index contributed by atoms with van der Waals surface area (Å²) in [5.74, 6) is 0.220. The maximum atomic E-state index is 10.5. The lowest BCUT2D eigenvalue weighted by Crippen LogP contribution is -1.88. The molecular formula is C8H5Cl3OS. The van der Waals surface area contributed by atoms with Gasteiger partial charge in [-0.15, -0.1) is 11.8 Å². The van der Waals surface area contributed by atoms with E-state index in [0.29, 0.717) is 10.0 Å². The molecule has 0 aliphatic rings. The summed E-state index contributed by atoms with van der Waals surface area (Å²) in [4.78, 5) is 11.3. The van der Waals surface area contributed by atoms with Gasteiger partial charge in [0, 0.05) is 14.9 Å². The van der Waals surface area contributed by atoms with Crippen molar-refractivity contribution in [3.63, 3.8) is 0 Å². The summed E-state index contributed by atoms with van der Waals surface area (Å²) < 4.78 is 0. The first-order chi connectivity index (χ1) is 6.08. The lowest BCUT2D eigenvalue weighted by molar-refractivity contribution is -0.109. The average molecular weight is 256 g/mol. The van der Waals surface area contributed by atoms with Gasteiger partial charge in [0.05, 0.1) is 5.75 Å². The van der Waals surface area contributed by atoms with E-state index in [2.05, 4.69) is 0 Å². The fraction of sp³-hybridized carbons (Fsp3) is 0.125. The van der Waals surface area contributed by atoms with Gasteiger partial charge in [-0.25, -0.2) is 0 Å². The van der Waals surface area contributed by atoms with Gasteiger partial charge in [-0.3, -0.25) is 4.79 Å². The molecule has 5 heteroatoms. The Labute approximate surface area is 95.4 Å². The zero-order chi connectivity index (χ0) is 9.84. The molecular weight excluding hydrogens is 251 g/mol. The molecule has 0 heterocycles. The first kappa shape index (κ1) is 11.2. The number of hydrogen-bond acceptors (Lipinski definition) is 2. The minimum Gasteiger partial charge on any atom is -0.280 e. The van der Waals surface area contributed by atoms with Crippen LogP contribution in [-0.2, 0) is 4.79 Å². The van der Waals surface area contributed by atoms with Gasteiger partial charge in [0.1, 0.15) is 0 Å². The van der Waals surface area contributed by atoms with E-state index in [4.69, 9.17) is 34.8 Å². The van der Waals surface area contributed by atoms with Crippen molar-refractivity contribution in [2.24, 2.45) is 0 Å². The van der Waals surface area contributed by atoms with Gasteiger partial charge in [-0.05, 0) is 29.8 Å². The molecule has 13 heavy (non-hydrogen) atoms. The maximum Gasteiger partial charge on any atom is 0.231 e. The highest BCUT2D eigenvalue weighted by molar-refractivity contribution is 8.00. The second kappa shape index (κ2) is 5.11. The number of carbonyl (C=O) groups is 1. The van der Waals surface area contributed by atoms with E-state index >= 15 is 0 Å². The number of benzene rings is 1. The minimum atomic E-state index is -0.388. The van der Waals surface area contributed by atoms with Crippen molar-refractivity contribution < 1.29 is 4.79 Å². The summed E-state index contributed by atoms with van der Waals surface area (Å²) in [6.07, 6.45) is 0. The topological polar surface area (TPSA) is 17.1 Å². The molecule has 0 saturated heterocycles. The van der Waals surface area contributed by atoms with Crippen LogP contribution in [0, 0.1) is 0 Å². The van der Waals surface area contributed by atoms with Crippen LogP contribution in [0.25, 0.3) is 0 Å². The van der Waals surface area contributed by atoms with E-state index in [0.717, 1.165) is 4.90 Å². The molecule has 0 atom stereocenters. The predicted octanol–water partition coefficient (Wildman–Crippen LogP) is 3.85. The fourth-order valence-corrected chi connectivity index (χ4v) is 2.27. The van der Waals surface area contributed by atoms with E-state index < -0.39 is 0 Å². The molecule has 0 fully saturated rings. The highest BCUT2D eigenvalue weighted by Crippen LogP contribution is 2.26. The van der Waals surface area contributed by atoms with E-state index in [1.54, 1.807) is 18.2 Å². The number of thioether (sulfide) groups is 1. The molecule has 0 aliphatic carbocycles. The van der Waals surface area contributed by atoms with Crippen LogP contribution >= 0.6 is 46.6 Å². The molecule has 0 radical (unpaired) electrons. The lowest BCUT2D eigenvalue weighted by atomic mass is 10.4. The smallest absolute Gasteiger partial charge is 0.231 e. The Morgan fingerprint density at radius 1 is 1.23 bits per heavy atom. The molecule has 0 bridgehead atoms. The number of halogens is 3. The molecule has 0 N–H and O–H groups in total. The Morgan fingerprint density at radius 3 is 2.23 bits per heavy atom.